The number of hydrogen-bond acceptors (Lipinski definition) is 4. The lowest BCUT2D eigenvalue weighted by Crippen LogP contribution is -2.49. The molecule has 1 aromatic rings. The minimum atomic E-state index is 0.175. The van der Waals surface area contributed by atoms with Crippen molar-refractivity contribution in [3.05, 3.63) is 12.4 Å². The molecule has 3 aliphatic rings. The fraction of sp³-hybridized carbons (Fsp3) is 0.667. The minimum Gasteiger partial charge on any atom is -0.356 e. The van der Waals surface area contributed by atoms with E-state index in [-0.39, 0.29) is 11.8 Å². The lowest BCUT2D eigenvalue weighted by atomic mass is 10.0. The summed E-state index contributed by atoms with van der Waals surface area (Å²) in [6, 6.07) is 0.386. The molecule has 2 amide bonds. The van der Waals surface area contributed by atoms with Gasteiger partial charge in [0, 0.05) is 51.8 Å². The van der Waals surface area contributed by atoms with Crippen LogP contribution in [0.15, 0.2) is 12.4 Å². The van der Waals surface area contributed by atoms with E-state index in [1.807, 2.05) is 15.8 Å². The maximum atomic E-state index is 11.8. The van der Waals surface area contributed by atoms with E-state index < -0.39 is 0 Å². The van der Waals surface area contributed by atoms with E-state index in [2.05, 4.69) is 15.3 Å². The fourth-order valence-corrected chi connectivity index (χ4v) is 3.61. The van der Waals surface area contributed by atoms with Crippen LogP contribution in [-0.4, -0.2) is 59.2 Å². The van der Waals surface area contributed by atoms with E-state index in [4.69, 9.17) is 0 Å². The van der Waals surface area contributed by atoms with E-state index in [9.17, 15) is 9.59 Å². The van der Waals surface area contributed by atoms with Crippen molar-refractivity contribution >= 4 is 17.5 Å². The quantitative estimate of drug-likeness (QED) is 0.850. The highest BCUT2D eigenvalue weighted by atomic mass is 16.2. The van der Waals surface area contributed by atoms with Crippen molar-refractivity contribution in [1.82, 2.24) is 20.0 Å². The Labute approximate surface area is 129 Å². The zero-order valence-electron chi connectivity index (χ0n) is 12.6. The average Bonchev–Trinajstić information content (AvgIpc) is 3.14. The molecule has 0 aliphatic carbocycles. The van der Waals surface area contributed by atoms with Crippen molar-refractivity contribution in [2.75, 3.05) is 37.6 Å². The summed E-state index contributed by atoms with van der Waals surface area (Å²) in [6.45, 7) is 4.54. The first-order valence-corrected chi connectivity index (χ1v) is 8.02. The summed E-state index contributed by atoms with van der Waals surface area (Å²) in [7, 11) is 0. The van der Waals surface area contributed by atoms with Crippen LogP contribution >= 0.6 is 0 Å². The standard InChI is InChI=1S/C15H21N5O2/c21-14-4-11(5-16-14)7-18-8-13(9-18)20-10-12(6-17-20)19-3-1-2-15(19)22/h6,10-11,13H,1-5,7-9H2,(H,16,21). The molecule has 3 aliphatic heterocycles. The minimum absolute atomic E-state index is 0.175. The Morgan fingerprint density at radius 3 is 2.86 bits per heavy atom. The number of hydrogen-bond donors (Lipinski definition) is 1. The summed E-state index contributed by atoms with van der Waals surface area (Å²) in [5, 5.41) is 7.31. The molecule has 0 bridgehead atoms. The fourth-order valence-electron chi connectivity index (χ4n) is 3.61. The Morgan fingerprint density at radius 2 is 2.18 bits per heavy atom. The Hall–Kier alpha value is -1.89. The Kier molecular flexibility index (Phi) is 3.37. The Balaban J connectivity index is 1.30. The topological polar surface area (TPSA) is 70.5 Å². The van der Waals surface area contributed by atoms with Gasteiger partial charge < -0.3 is 10.2 Å². The highest BCUT2D eigenvalue weighted by Crippen LogP contribution is 2.26. The molecule has 1 atom stereocenters. The Morgan fingerprint density at radius 1 is 1.32 bits per heavy atom. The van der Waals surface area contributed by atoms with Gasteiger partial charge in [-0.05, 0) is 12.3 Å². The van der Waals surface area contributed by atoms with E-state index in [1.165, 1.54) is 0 Å². The number of rotatable bonds is 4. The average molecular weight is 303 g/mol. The van der Waals surface area contributed by atoms with Crippen molar-refractivity contribution in [3.8, 4) is 0 Å². The third kappa shape index (κ3) is 2.49. The van der Waals surface area contributed by atoms with Gasteiger partial charge in [0.1, 0.15) is 0 Å². The first-order chi connectivity index (χ1) is 10.7. The first kappa shape index (κ1) is 13.8. The van der Waals surface area contributed by atoms with E-state index in [1.54, 1.807) is 6.20 Å². The molecule has 3 saturated heterocycles. The van der Waals surface area contributed by atoms with Crippen LogP contribution in [0.4, 0.5) is 5.69 Å². The van der Waals surface area contributed by atoms with Gasteiger partial charge in [0.25, 0.3) is 0 Å². The van der Waals surface area contributed by atoms with Gasteiger partial charge in [-0.25, -0.2) is 0 Å². The number of amides is 2. The van der Waals surface area contributed by atoms with Crippen molar-refractivity contribution in [3.63, 3.8) is 0 Å². The van der Waals surface area contributed by atoms with Gasteiger partial charge in [-0.1, -0.05) is 0 Å². The lowest BCUT2D eigenvalue weighted by molar-refractivity contribution is -0.119. The summed E-state index contributed by atoms with van der Waals surface area (Å²) >= 11 is 0. The van der Waals surface area contributed by atoms with Crippen molar-refractivity contribution in [2.45, 2.75) is 25.3 Å². The number of anilines is 1. The third-order valence-electron chi connectivity index (χ3n) is 4.86. The van der Waals surface area contributed by atoms with Crippen molar-refractivity contribution in [2.24, 2.45) is 5.92 Å². The van der Waals surface area contributed by atoms with Gasteiger partial charge >= 0.3 is 0 Å². The van der Waals surface area contributed by atoms with Crippen LogP contribution in [0, 0.1) is 5.92 Å². The highest BCUT2D eigenvalue weighted by Gasteiger charge is 2.33. The molecule has 0 aromatic carbocycles. The summed E-state index contributed by atoms with van der Waals surface area (Å²) < 4.78 is 1.98. The molecule has 22 heavy (non-hydrogen) atoms. The predicted molar refractivity (Wildman–Crippen MR) is 80.4 cm³/mol. The molecule has 0 radical (unpaired) electrons. The van der Waals surface area contributed by atoms with Crippen LogP contribution in [0.3, 0.4) is 0 Å². The maximum Gasteiger partial charge on any atom is 0.227 e. The third-order valence-corrected chi connectivity index (χ3v) is 4.86. The van der Waals surface area contributed by atoms with Crippen molar-refractivity contribution < 1.29 is 9.59 Å². The molecule has 4 heterocycles. The molecule has 3 fully saturated rings. The number of aromatic nitrogens is 2. The maximum absolute atomic E-state index is 11.8. The molecule has 0 saturated carbocycles. The smallest absolute Gasteiger partial charge is 0.227 e. The molecule has 118 valence electrons. The molecule has 4 rings (SSSR count). The highest BCUT2D eigenvalue weighted by molar-refractivity contribution is 5.95. The molecule has 0 spiro atoms. The van der Waals surface area contributed by atoms with E-state index in [0.717, 1.165) is 44.8 Å². The zero-order chi connectivity index (χ0) is 15.1. The van der Waals surface area contributed by atoms with Crippen LogP contribution in [0.1, 0.15) is 25.3 Å². The summed E-state index contributed by atoms with van der Waals surface area (Å²) in [5.41, 5.74) is 0.923. The van der Waals surface area contributed by atoms with E-state index in [0.29, 0.717) is 24.8 Å². The normalized spacial score (nSPS) is 26.5. The molecule has 7 nitrogen and oxygen atoms in total. The number of carbonyl (C=O) groups excluding carboxylic acids is 2. The SMILES string of the molecule is O=C1CC(CN2CC(n3cc(N4CCCC4=O)cn3)C2)CN1. The van der Waals surface area contributed by atoms with Gasteiger partial charge in [0.2, 0.25) is 11.8 Å². The van der Waals surface area contributed by atoms with Crippen LogP contribution in [0.5, 0.6) is 0 Å². The number of carbonyl (C=O) groups is 2. The van der Waals surface area contributed by atoms with Gasteiger partial charge in [-0.15, -0.1) is 0 Å². The van der Waals surface area contributed by atoms with Crippen LogP contribution in [0.2, 0.25) is 0 Å². The molecule has 7 heteroatoms. The molecular weight excluding hydrogens is 282 g/mol. The Bertz CT molecular complexity index is 593. The second-order valence-corrected chi connectivity index (χ2v) is 6.57. The molecular formula is C15H21N5O2. The second kappa shape index (κ2) is 5.39. The summed E-state index contributed by atoms with van der Waals surface area (Å²) in [4.78, 5) is 27.2. The first-order valence-electron chi connectivity index (χ1n) is 8.02. The lowest BCUT2D eigenvalue weighted by Gasteiger charge is -2.40. The van der Waals surface area contributed by atoms with Gasteiger partial charge in [0.05, 0.1) is 17.9 Å². The molecule has 1 N–H and O–H groups in total. The van der Waals surface area contributed by atoms with Crippen LogP contribution in [0.25, 0.3) is 0 Å². The number of nitrogens with one attached hydrogen (secondary N) is 1. The monoisotopic (exact) mass is 303 g/mol. The zero-order valence-corrected chi connectivity index (χ0v) is 12.6. The van der Waals surface area contributed by atoms with Crippen LogP contribution < -0.4 is 10.2 Å². The van der Waals surface area contributed by atoms with Crippen LogP contribution in [-0.2, 0) is 9.59 Å². The molecule has 1 unspecified atom stereocenters. The van der Waals surface area contributed by atoms with Gasteiger partial charge in [0.15, 0.2) is 0 Å². The summed E-state index contributed by atoms with van der Waals surface area (Å²) in [6.07, 6.45) is 6.04. The molecule has 1 aromatic heterocycles. The van der Waals surface area contributed by atoms with Gasteiger partial charge in [-0.3, -0.25) is 19.2 Å². The number of nitrogens with zero attached hydrogens (tertiary/aromatic N) is 4. The van der Waals surface area contributed by atoms with E-state index >= 15 is 0 Å². The predicted octanol–water partition coefficient (Wildman–Crippen LogP) is 0.00270. The largest absolute Gasteiger partial charge is 0.356 e. The number of likely N-dealkylation sites (tertiary alicyclic amines) is 1. The van der Waals surface area contributed by atoms with Crippen molar-refractivity contribution in [1.29, 1.82) is 0 Å². The second-order valence-electron chi connectivity index (χ2n) is 6.57. The van der Waals surface area contributed by atoms with Gasteiger partial charge in [-0.2, -0.15) is 5.10 Å². The summed E-state index contributed by atoms with van der Waals surface area (Å²) in [5.74, 6) is 0.825.